The Hall–Kier alpha value is -2.73. The van der Waals surface area contributed by atoms with Crippen LogP contribution in [0, 0.1) is 0 Å². The molecule has 0 saturated heterocycles. The molecule has 0 aliphatic rings. The summed E-state index contributed by atoms with van der Waals surface area (Å²) in [6.07, 6.45) is 0.736. The number of rotatable bonds is 6. The number of anilines is 1. The minimum Gasteiger partial charge on any atom is -0.352 e. The van der Waals surface area contributed by atoms with E-state index in [2.05, 4.69) is 15.6 Å². The SMILES string of the molecule is CCC(=O)Nc1nc2ccc(CC(=O)NCc3ccccc3)cc2s1. The molecule has 2 N–H and O–H groups in total. The maximum Gasteiger partial charge on any atom is 0.225 e. The summed E-state index contributed by atoms with van der Waals surface area (Å²) in [4.78, 5) is 28.0. The number of nitrogens with zero attached hydrogens (tertiary/aromatic N) is 1. The van der Waals surface area contributed by atoms with Crippen LogP contribution < -0.4 is 10.6 Å². The van der Waals surface area contributed by atoms with Gasteiger partial charge in [-0.3, -0.25) is 9.59 Å². The van der Waals surface area contributed by atoms with Gasteiger partial charge in [-0.2, -0.15) is 0 Å². The standard InChI is InChI=1S/C19H19N3O2S/c1-2-17(23)22-19-21-15-9-8-14(10-16(15)25-19)11-18(24)20-12-13-6-4-3-5-7-13/h3-10H,2,11-12H2,1H3,(H,20,24)(H,21,22,23). The molecule has 0 unspecified atom stereocenters. The predicted octanol–water partition coefficient (Wildman–Crippen LogP) is 3.50. The van der Waals surface area contributed by atoms with E-state index < -0.39 is 0 Å². The molecule has 0 fully saturated rings. The van der Waals surface area contributed by atoms with Crippen molar-refractivity contribution in [1.82, 2.24) is 10.3 Å². The first-order valence-corrected chi connectivity index (χ1v) is 8.95. The smallest absolute Gasteiger partial charge is 0.225 e. The lowest BCUT2D eigenvalue weighted by molar-refractivity contribution is -0.120. The number of carbonyl (C=O) groups excluding carboxylic acids is 2. The molecular formula is C19H19N3O2S. The molecule has 0 saturated carbocycles. The van der Waals surface area contributed by atoms with Crippen molar-refractivity contribution in [2.24, 2.45) is 0 Å². The van der Waals surface area contributed by atoms with E-state index in [0.29, 0.717) is 24.5 Å². The van der Waals surface area contributed by atoms with Gasteiger partial charge in [0.15, 0.2) is 5.13 Å². The van der Waals surface area contributed by atoms with E-state index in [1.165, 1.54) is 11.3 Å². The van der Waals surface area contributed by atoms with E-state index in [0.717, 1.165) is 21.3 Å². The number of amides is 2. The highest BCUT2D eigenvalue weighted by molar-refractivity contribution is 7.22. The molecule has 3 aromatic rings. The van der Waals surface area contributed by atoms with Crippen LogP contribution in [0.4, 0.5) is 5.13 Å². The van der Waals surface area contributed by atoms with Crippen LogP contribution in [-0.4, -0.2) is 16.8 Å². The van der Waals surface area contributed by atoms with Crippen LogP contribution in [0.2, 0.25) is 0 Å². The third-order valence-corrected chi connectivity index (χ3v) is 4.65. The number of benzene rings is 2. The topological polar surface area (TPSA) is 71.1 Å². The molecule has 1 heterocycles. The number of aromatic nitrogens is 1. The summed E-state index contributed by atoms with van der Waals surface area (Å²) in [6.45, 7) is 2.32. The first kappa shape index (κ1) is 17.1. The fourth-order valence-corrected chi connectivity index (χ4v) is 3.33. The Morgan fingerprint density at radius 3 is 2.60 bits per heavy atom. The Bertz CT molecular complexity index is 890. The van der Waals surface area contributed by atoms with Crippen molar-refractivity contribution in [2.75, 3.05) is 5.32 Å². The van der Waals surface area contributed by atoms with E-state index in [1.807, 2.05) is 48.5 Å². The molecule has 0 spiro atoms. The number of fused-ring (bicyclic) bond motifs is 1. The van der Waals surface area contributed by atoms with Gasteiger partial charge in [-0.25, -0.2) is 4.98 Å². The first-order chi connectivity index (χ1) is 12.1. The van der Waals surface area contributed by atoms with Crippen LogP contribution in [-0.2, 0) is 22.6 Å². The van der Waals surface area contributed by atoms with E-state index in [1.54, 1.807) is 6.92 Å². The molecule has 2 amide bonds. The van der Waals surface area contributed by atoms with Crippen LogP contribution in [0.25, 0.3) is 10.2 Å². The Morgan fingerprint density at radius 1 is 1.04 bits per heavy atom. The zero-order chi connectivity index (χ0) is 17.6. The number of thiazole rings is 1. The molecule has 3 rings (SSSR count). The third kappa shape index (κ3) is 4.64. The summed E-state index contributed by atoms with van der Waals surface area (Å²) >= 11 is 1.42. The van der Waals surface area contributed by atoms with Crippen LogP contribution >= 0.6 is 11.3 Å². The second-order valence-electron chi connectivity index (χ2n) is 5.66. The highest BCUT2D eigenvalue weighted by atomic mass is 32.1. The lowest BCUT2D eigenvalue weighted by Gasteiger charge is -2.05. The third-order valence-electron chi connectivity index (χ3n) is 3.72. The summed E-state index contributed by atoms with van der Waals surface area (Å²) < 4.78 is 0.958. The molecule has 6 heteroatoms. The van der Waals surface area contributed by atoms with Gasteiger partial charge in [0.1, 0.15) is 0 Å². The summed E-state index contributed by atoms with van der Waals surface area (Å²) in [5.41, 5.74) is 2.82. The van der Waals surface area contributed by atoms with Gasteiger partial charge in [-0.1, -0.05) is 54.7 Å². The van der Waals surface area contributed by atoms with Gasteiger partial charge in [-0.15, -0.1) is 0 Å². The normalized spacial score (nSPS) is 10.6. The van der Waals surface area contributed by atoms with E-state index in [4.69, 9.17) is 0 Å². The van der Waals surface area contributed by atoms with Gasteiger partial charge in [-0.05, 0) is 23.3 Å². The zero-order valence-electron chi connectivity index (χ0n) is 13.9. The summed E-state index contributed by atoms with van der Waals surface area (Å²) in [6, 6.07) is 15.6. The Morgan fingerprint density at radius 2 is 1.84 bits per heavy atom. The molecule has 0 radical (unpaired) electrons. The molecule has 0 aliphatic heterocycles. The fraction of sp³-hybridized carbons (Fsp3) is 0.211. The lowest BCUT2D eigenvalue weighted by Crippen LogP contribution is -2.24. The second kappa shape index (κ2) is 7.90. The van der Waals surface area contributed by atoms with Crippen LogP contribution in [0.3, 0.4) is 0 Å². The van der Waals surface area contributed by atoms with E-state index in [-0.39, 0.29) is 11.8 Å². The largest absolute Gasteiger partial charge is 0.352 e. The number of carbonyl (C=O) groups is 2. The molecule has 0 aliphatic carbocycles. The maximum atomic E-state index is 12.1. The minimum atomic E-state index is -0.0560. The van der Waals surface area contributed by atoms with E-state index in [9.17, 15) is 9.59 Å². The fourth-order valence-electron chi connectivity index (χ4n) is 2.38. The quantitative estimate of drug-likeness (QED) is 0.712. The van der Waals surface area contributed by atoms with Gasteiger partial charge >= 0.3 is 0 Å². The average Bonchev–Trinajstić information content (AvgIpc) is 3.02. The lowest BCUT2D eigenvalue weighted by atomic mass is 10.1. The molecular weight excluding hydrogens is 334 g/mol. The van der Waals surface area contributed by atoms with Crippen molar-refractivity contribution in [3.63, 3.8) is 0 Å². The molecule has 128 valence electrons. The van der Waals surface area contributed by atoms with E-state index >= 15 is 0 Å². The summed E-state index contributed by atoms with van der Waals surface area (Å²) in [5, 5.41) is 6.29. The Balaban J connectivity index is 1.63. The van der Waals surface area contributed by atoms with Gasteiger partial charge in [0.05, 0.1) is 16.6 Å². The average molecular weight is 353 g/mol. The minimum absolute atomic E-state index is 0.0211. The molecule has 2 aromatic carbocycles. The maximum absolute atomic E-state index is 12.1. The van der Waals surface area contributed by atoms with Gasteiger partial charge in [0.25, 0.3) is 0 Å². The highest BCUT2D eigenvalue weighted by Crippen LogP contribution is 2.27. The van der Waals surface area contributed by atoms with Gasteiger partial charge < -0.3 is 10.6 Å². The monoisotopic (exact) mass is 353 g/mol. The van der Waals surface area contributed by atoms with Crippen molar-refractivity contribution in [3.8, 4) is 0 Å². The number of nitrogens with one attached hydrogen (secondary N) is 2. The molecule has 0 bridgehead atoms. The Labute approximate surface area is 150 Å². The van der Waals surface area contributed by atoms with Crippen LogP contribution in [0.5, 0.6) is 0 Å². The zero-order valence-corrected chi connectivity index (χ0v) is 14.7. The highest BCUT2D eigenvalue weighted by Gasteiger charge is 2.09. The number of hydrogen-bond donors (Lipinski definition) is 2. The van der Waals surface area contributed by atoms with Gasteiger partial charge in [0, 0.05) is 13.0 Å². The van der Waals surface area contributed by atoms with Crippen molar-refractivity contribution in [3.05, 3.63) is 59.7 Å². The molecule has 1 aromatic heterocycles. The number of hydrogen-bond acceptors (Lipinski definition) is 4. The Kier molecular flexibility index (Phi) is 5.40. The van der Waals surface area contributed by atoms with Crippen molar-refractivity contribution >= 4 is 38.5 Å². The van der Waals surface area contributed by atoms with Gasteiger partial charge in [0.2, 0.25) is 11.8 Å². The summed E-state index contributed by atoms with van der Waals surface area (Å²) in [7, 11) is 0. The van der Waals surface area contributed by atoms with Crippen molar-refractivity contribution in [1.29, 1.82) is 0 Å². The predicted molar refractivity (Wildman–Crippen MR) is 101 cm³/mol. The summed E-state index contributed by atoms with van der Waals surface area (Å²) in [5.74, 6) is -0.0770. The van der Waals surface area contributed by atoms with Crippen molar-refractivity contribution < 1.29 is 9.59 Å². The van der Waals surface area contributed by atoms with Crippen LogP contribution in [0.1, 0.15) is 24.5 Å². The molecule has 25 heavy (non-hydrogen) atoms. The second-order valence-corrected chi connectivity index (χ2v) is 6.69. The van der Waals surface area contributed by atoms with Crippen molar-refractivity contribution in [2.45, 2.75) is 26.3 Å². The molecule has 0 atom stereocenters. The molecule has 5 nitrogen and oxygen atoms in total. The first-order valence-electron chi connectivity index (χ1n) is 8.14. The van der Waals surface area contributed by atoms with Crippen LogP contribution in [0.15, 0.2) is 48.5 Å².